The highest BCUT2D eigenvalue weighted by atomic mass is 16.5. The van der Waals surface area contributed by atoms with E-state index in [2.05, 4.69) is 17.6 Å². The average molecular weight is 385 g/mol. The van der Waals surface area contributed by atoms with Crippen molar-refractivity contribution in [3.05, 3.63) is 59.7 Å². The Bertz CT molecular complexity index is 790. The lowest BCUT2D eigenvalue weighted by Crippen LogP contribution is -3.15. The fraction of sp³-hybridized carbons (Fsp3) is 0.364. The molecule has 0 aliphatic rings. The Morgan fingerprint density at radius 3 is 2.43 bits per heavy atom. The topological polar surface area (TPSA) is 71.9 Å². The molecule has 0 aliphatic carbocycles. The molecule has 2 amide bonds. The third-order valence-electron chi connectivity index (χ3n) is 4.87. The van der Waals surface area contributed by atoms with Crippen LogP contribution in [0.2, 0.25) is 0 Å². The number of likely N-dealkylation sites (N-methyl/N-ethyl adjacent to an activating group) is 1. The van der Waals surface area contributed by atoms with Crippen LogP contribution < -0.4 is 20.3 Å². The molecule has 150 valence electrons. The van der Waals surface area contributed by atoms with Gasteiger partial charge in [0.15, 0.2) is 12.6 Å². The number of hydrogen-bond acceptors (Lipinski definition) is 3. The second-order valence-electron chi connectivity index (χ2n) is 6.87. The van der Waals surface area contributed by atoms with Crippen molar-refractivity contribution in [1.29, 1.82) is 0 Å². The normalized spacial score (nSPS) is 12.7. The lowest BCUT2D eigenvalue weighted by Gasteiger charge is -2.21. The maximum atomic E-state index is 12.4. The molecule has 0 spiro atoms. The molecule has 2 aromatic rings. The summed E-state index contributed by atoms with van der Waals surface area (Å²) in [6, 6.07) is 15.0. The molecule has 0 saturated carbocycles. The number of amides is 2. The summed E-state index contributed by atoms with van der Waals surface area (Å²) in [5, 5.41) is 5.88. The highest BCUT2D eigenvalue weighted by Crippen LogP contribution is 2.15. The van der Waals surface area contributed by atoms with Gasteiger partial charge in [-0.1, -0.05) is 37.3 Å². The molecule has 2 aromatic carbocycles. The molecule has 0 fully saturated rings. The number of nitrogens with one attached hydrogen (secondary N) is 3. The molecule has 0 radical (unpaired) electrons. The summed E-state index contributed by atoms with van der Waals surface area (Å²) in [5.41, 5.74) is 2.92. The number of hydrogen-bond donors (Lipinski definition) is 3. The Kier molecular flexibility index (Phi) is 8.02. The molecular weight excluding hydrogens is 354 g/mol. The van der Waals surface area contributed by atoms with Crippen LogP contribution in [0, 0.1) is 0 Å². The number of anilines is 1. The van der Waals surface area contributed by atoms with Crippen LogP contribution in [0.15, 0.2) is 48.5 Å². The molecule has 2 rings (SSSR count). The zero-order valence-electron chi connectivity index (χ0n) is 17.0. The third kappa shape index (κ3) is 6.09. The van der Waals surface area contributed by atoms with Gasteiger partial charge in [-0.3, -0.25) is 9.59 Å². The second kappa shape index (κ2) is 10.5. The Morgan fingerprint density at radius 2 is 1.79 bits per heavy atom. The van der Waals surface area contributed by atoms with Crippen molar-refractivity contribution in [1.82, 2.24) is 5.32 Å². The standard InChI is InChI=1S/C22H29N3O3/c1-5-18-8-6-7-9-20(18)24-21(26)15-25(3)16(2)22(27)23-14-17-10-12-19(28-4)13-11-17/h6-13,16H,5,14-15H2,1-4H3,(H,23,27)(H,24,26)/p+1/t16-/m1/s1. The van der Waals surface area contributed by atoms with Crippen molar-refractivity contribution in [2.45, 2.75) is 32.9 Å². The van der Waals surface area contributed by atoms with Crippen LogP contribution in [0.25, 0.3) is 0 Å². The van der Waals surface area contributed by atoms with Crippen molar-refractivity contribution in [2.24, 2.45) is 0 Å². The first-order valence-electron chi connectivity index (χ1n) is 9.55. The van der Waals surface area contributed by atoms with E-state index in [1.807, 2.05) is 62.5 Å². The van der Waals surface area contributed by atoms with E-state index in [1.165, 1.54) is 0 Å². The molecule has 2 atom stereocenters. The van der Waals surface area contributed by atoms with E-state index in [9.17, 15) is 9.59 Å². The van der Waals surface area contributed by atoms with Gasteiger partial charge in [0.1, 0.15) is 5.75 Å². The van der Waals surface area contributed by atoms with E-state index in [-0.39, 0.29) is 24.4 Å². The molecule has 0 aromatic heterocycles. The molecule has 0 aliphatic heterocycles. The number of para-hydroxylation sites is 1. The van der Waals surface area contributed by atoms with Gasteiger partial charge in [0.2, 0.25) is 0 Å². The predicted octanol–water partition coefficient (Wildman–Crippen LogP) is 1.42. The molecular formula is C22H30N3O3+. The number of rotatable bonds is 9. The van der Waals surface area contributed by atoms with Gasteiger partial charge in [0.25, 0.3) is 11.8 Å². The fourth-order valence-corrected chi connectivity index (χ4v) is 2.86. The van der Waals surface area contributed by atoms with Crippen LogP contribution in [0.5, 0.6) is 5.75 Å². The number of quaternary nitrogens is 1. The Hall–Kier alpha value is -2.86. The van der Waals surface area contributed by atoms with E-state index >= 15 is 0 Å². The minimum atomic E-state index is -0.342. The SMILES string of the molecule is CCc1ccccc1NC(=O)C[NH+](C)[C@H](C)C(=O)NCc1ccc(OC)cc1. The van der Waals surface area contributed by atoms with Crippen LogP contribution in [0.3, 0.4) is 0 Å². The largest absolute Gasteiger partial charge is 0.497 e. The van der Waals surface area contributed by atoms with Gasteiger partial charge in [-0.25, -0.2) is 0 Å². The summed E-state index contributed by atoms with van der Waals surface area (Å²) in [5.74, 6) is 0.589. The Morgan fingerprint density at radius 1 is 1.11 bits per heavy atom. The number of aryl methyl sites for hydroxylation is 1. The number of ether oxygens (including phenoxy) is 1. The molecule has 6 nitrogen and oxygen atoms in total. The van der Waals surface area contributed by atoms with E-state index in [1.54, 1.807) is 7.11 Å². The minimum absolute atomic E-state index is 0.0879. The molecule has 0 bridgehead atoms. The van der Waals surface area contributed by atoms with Crippen molar-refractivity contribution < 1.29 is 19.2 Å². The van der Waals surface area contributed by atoms with Gasteiger partial charge in [0.05, 0.1) is 14.2 Å². The van der Waals surface area contributed by atoms with Crippen LogP contribution in [-0.4, -0.2) is 38.6 Å². The second-order valence-corrected chi connectivity index (χ2v) is 6.87. The minimum Gasteiger partial charge on any atom is -0.497 e. The van der Waals surface area contributed by atoms with Gasteiger partial charge in [-0.2, -0.15) is 0 Å². The van der Waals surface area contributed by atoms with Gasteiger partial charge in [-0.05, 0) is 42.7 Å². The maximum absolute atomic E-state index is 12.4. The van der Waals surface area contributed by atoms with Crippen molar-refractivity contribution in [2.75, 3.05) is 26.0 Å². The van der Waals surface area contributed by atoms with Crippen molar-refractivity contribution in [3.8, 4) is 5.75 Å². The number of benzene rings is 2. The van der Waals surface area contributed by atoms with Gasteiger partial charge in [-0.15, -0.1) is 0 Å². The first-order chi connectivity index (χ1) is 13.4. The van der Waals surface area contributed by atoms with Crippen LogP contribution in [-0.2, 0) is 22.6 Å². The summed E-state index contributed by atoms with van der Waals surface area (Å²) in [6.45, 7) is 4.54. The van der Waals surface area contributed by atoms with Crippen LogP contribution in [0.4, 0.5) is 5.69 Å². The predicted molar refractivity (Wildman–Crippen MR) is 111 cm³/mol. The average Bonchev–Trinajstić information content (AvgIpc) is 2.72. The summed E-state index contributed by atoms with van der Waals surface area (Å²) in [4.78, 5) is 25.6. The van der Waals surface area contributed by atoms with Crippen LogP contribution in [0.1, 0.15) is 25.0 Å². The van der Waals surface area contributed by atoms with Gasteiger partial charge >= 0.3 is 0 Å². The van der Waals surface area contributed by atoms with E-state index in [0.717, 1.165) is 33.9 Å². The Balaban J connectivity index is 1.83. The first kappa shape index (κ1) is 21.4. The quantitative estimate of drug-likeness (QED) is 0.612. The summed E-state index contributed by atoms with van der Waals surface area (Å²) in [7, 11) is 3.47. The number of methoxy groups -OCH3 is 1. The van der Waals surface area contributed by atoms with Crippen molar-refractivity contribution >= 4 is 17.5 Å². The smallest absolute Gasteiger partial charge is 0.279 e. The fourth-order valence-electron chi connectivity index (χ4n) is 2.86. The molecule has 28 heavy (non-hydrogen) atoms. The summed E-state index contributed by atoms with van der Waals surface area (Å²) in [6.07, 6.45) is 0.851. The third-order valence-corrected chi connectivity index (χ3v) is 4.87. The summed E-state index contributed by atoms with van der Waals surface area (Å²) < 4.78 is 5.13. The van der Waals surface area contributed by atoms with Crippen molar-refractivity contribution in [3.63, 3.8) is 0 Å². The van der Waals surface area contributed by atoms with Gasteiger partial charge < -0.3 is 20.3 Å². The van der Waals surface area contributed by atoms with E-state index < -0.39 is 0 Å². The van der Waals surface area contributed by atoms with E-state index in [0.29, 0.717) is 6.54 Å². The zero-order valence-corrected chi connectivity index (χ0v) is 17.0. The highest BCUT2D eigenvalue weighted by molar-refractivity contribution is 5.92. The summed E-state index contributed by atoms with van der Waals surface area (Å²) >= 11 is 0. The molecule has 1 unspecified atom stereocenters. The zero-order chi connectivity index (χ0) is 20.5. The van der Waals surface area contributed by atoms with Crippen LogP contribution >= 0.6 is 0 Å². The van der Waals surface area contributed by atoms with E-state index in [4.69, 9.17) is 4.74 Å². The highest BCUT2D eigenvalue weighted by Gasteiger charge is 2.23. The monoisotopic (exact) mass is 384 g/mol. The number of carbonyl (C=O) groups is 2. The lowest BCUT2D eigenvalue weighted by molar-refractivity contribution is -0.885. The molecule has 0 heterocycles. The first-order valence-corrected chi connectivity index (χ1v) is 9.55. The molecule has 3 N–H and O–H groups in total. The lowest BCUT2D eigenvalue weighted by atomic mass is 10.1. The molecule has 0 saturated heterocycles. The Labute approximate surface area is 166 Å². The molecule has 6 heteroatoms. The van der Waals surface area contributed by atoms with Gasteiger partial charge in [0, 0.05) is 12.2 Å². The maximum Gasteiger partial charge on any atom is 0.279 e. The number of carbonyl (C=O) groups excluding carboxylic acids is 2.